The zero-order valence-electron chi connectivity index (χ0n) is 9.94. The van der Waals surface area contributed by atoms with Gasteiger partial charge in [0.25, 0.3) is 5.56 Å². The van der Waals surface area contributed by atoms with Crippen LogP contribution >= 0.6 is 47.8 Å². The predicted octanol–water partition coefficient (Wildman–Crippen LogP) is 3.17. The molecule has 104 valence electrons. The molecule has 1 aromatic heterocycles. The molecule has 0 aliphatic heterocycles. The summed E-state index contributed by atoms with van der Waals surface area (Å²) in [5, 5.41) is 6.60. The maximum atomic E-state index is 11.9. The Morgan fingerprint density at radius 2 is 1.90 bits per heavy atom. The van der Waals surface area contributed by atoms with Crippen molar-refractivity contribution in [2.75, 3.05) is 5.32 Å². The van der Waals surface area contributed by atoms with E-state index >= 15 is 0 Å². The highest BCUT2D eigenvalue weighted by Crippen LogP contribution is 2.21. The van der Waals surface area contributed by atoms with Gasteiger partial charge in [-0.05, 0) is 59.9 Å². The Morgan fingerprint density at radius 1 is 1.20 bits per heavy atom. The second-order valence-electron chi connectivity index (χ2n) is 3.80. The molecule has 1 aromatic carbocycles. The van der Waals surface area contributed by atoms with Crippen molar-refractivity contribution in [3.8, 4) is 0 Å². The van der Waals surface area contributed by atoms with Crippen molar-refractivity contribution in [2.24, 2.45) is 0 Å². The molecule has 1 amide bonds. The number of hydrogen-bond donors (Lipinski definition) is 1. The molecule has 2 rings (SSSR count). The van der Waals surface area contributed by atoms with E-state index < -0.39 is 0 Å². The molecule has 2 aromatic rings. The van der Waals surface area contributed by atoms with E-state index in [1.54, 1.807) is 12.1 Å². The first-order valence-corrected chi connectivity index (χ1v) is 7.82. The van der Waals surface area contributed by atoms with Crippen molar-refractivity contribution >= 4 is 59.4 Å². The molecule has 0 radical (unpaired) electrons. The molecule has 1 heterocycles. The molecular formula is C12H8Br3N3O2. The fourth-order valence-electron chi connectivity index (χ4n) is 1.45. The van der Waals surface area contributed by atoms with E-state index in [0.717, 1.165) is 9.15 Å². The van der Waals surface area contributed by atoms with Crippen LogP contribution in [-0.2, 0) is 11.3 Å². The number of hydrogen-bond acceptors (Lipinski definition) is 3. The third kappa shape index (κ3) is 3.56. The Kier molecular flexibility index (Phi) is 5.11. The fraction of sp³-hybridized carbons (Fsp3) is 0.0833. The summed E-state index contributed by atoms with van der Waals surface area (Å²) in [6.45, 7) is -0.161. The van der Waals surface area contributed by atoms with Crippen LogP contribution in [0.15, 0.2) is 48.7 Å². The SMILES string of the molecule is O=C(Cn1ncc(Br)c(Br)c1=O)Nc1ccccc1Br. The quantitative estimate of drug-likeness (QED) is 0.757. The van der Waals surface area contributed by atoms with E-state index in [2.05, 4.69) is 58.2 Å². The average molecular weight is 466 g/mol. The summed E-state index contributed by atoms with van der Waals surface area (Å²) in [5.74, 6) is -0.333. The zero-order chi connectivity index (χ0) is 14.7. The Bertz CT molecular complexity index is 715. The summed E-state index contributed by atoms with van der Waals surface area (Å²) >= 11 is 9.65. The number of para-hydroxylation sites is 1. The molecule has 20 heavy (non-hydrogen) atoms. The normalized spacial score (nSPS) is 10.3. The van der Waals surface area contributed by atoms with Crippen LogP contribution in [0.3, 0.4) is 0 Å². The van der Waals surface area contributed by atoms with Gasteiger partial charge in [0.15, 0.2) is 0 Å². The average Bonchev–Trinajstić information content (AvgIpc) is 2.42. The molecule has 0 saturated heterocycles. The molecule has 0 saturated carbocycles. The first-order chi connectivity index (χ1) is 9.49. The summed E-state index contributed by atoms with van der Waals surface area (Å²) in [6, 6.07) is 7.23. The second kappa shape index (κ2) is 6.64. The van der Waals surface area contributed by atoms with Gasteiger partial charge in [-0.1, -0.05) is 12.1 Å². The van der Waals surface area contributed by atoms with Gasteiger partial charge in [0.05, 0.1) is 16.4 Å². The third-order valence-electron chi connectivity index (χ3n) is 2.38. The molecule has 0 aliphatic carbocycles. The van der Waals surface area contributed by atoms with Gasteiger partial charge in [0.1, 0.15) is 11.0 Å². The predicted molar refractivity (Wildman–Crippen MR) is 86.7 cm³/mol. The van der Waals surface area contributed by atoms with Gasteiger partial charge >= 0.3 is 0 Å². The third-order valence-corrected chi connectivity index (χ3v) is 4.97. The molecule has 0 unspecified atom stereocenters. The molecule has 5 nitrogen and oxygen atoms in total. The highest BCUT2D eigenvalue weighted by atomic mass is 79.9. The minimum absolute atomic E-state index is 0.161. The minimum atomic E-state index is -0.373. The van der Waals surface area contributed by atoms with Gasteiger partial charge in [-0.3, -0.25) is 9.59 Å². The van der Waals surface area contributed by atoms with Crippen molar-refractivity contribution < 1.29 is 4.79 Å². The summed E-state index contributed by atoms with van der Waals surface area (Å²) in [6.07, 6.45) is 1.46. The first-order valence-electron chi connectivity index (χ1n) is 5.44. The minimum Gasteiger partial charge on any atom is -0.323 e. The number of amides is 1. The van der Waals surface area contributed by atoms with E-state index in [-0.39, 0.29) is 18.0 Å². The van der Waals surface area contributed by atoms with Gasteiger partial charge in [-0.15, -0.1) is 0 Å². The van der Waals surface area contributed by atoms with Crippen LogP contribution < -0.4 is 10.9 Å². The van der Waals surface area contributed by atoms with Crippen LogP contribution in [0.4, 0.5) is 5.69 Å². The van der Waals surface area contributed by atoms with E-state index in [1.165, 1.54) is 6.20 Å². The number of anilines is 1. The Morgan fingerprint density at radius 3 is 2.60 bits per heavy atom. The molecule has 0 aliphatic rings. The van der Waals surface area contributed by atoms with Crippen LogP contribution in [0.2, 0.25) is 0 Å². The summed E-state index contributed by atoms with van der Waals surface area (Å²) in [4.78, 5) is 23.8. The van der Waals surface area contributed by atoms with Gasteiger partial charge in [0.2, 0.25) is 5.91 Å². The number of halogens is 3. The lowest BCUT2D eigenvalue weighted by Gasteiger charge is -2.08. The van der Waals surface area contributed by atoms with Crippen LogP contribution in [0, 0.1) is 0 Å². The summed E-state index contributed by atoms with van der Waals surface area (Å²) < 4.78 is 2.73. The standard InChI is InChI=1S/C12H8Br3N3O2/c13-7-3-1-2-4-9(7)17-10(19)6-18-12(20)11(15)8(14)5-16-18/h1-5H,6H2,(H,17,19). The number of nitrogens with zero attached hydrogens (tertiary/aromatic N) is 2. The van der Waals surface area contributed by atoms with Gasteiger partial charge < -0.3 is 5.32 Å². The van der Waals surface area contributed by atoms with Crippen molar-refractivity contribution in [3.63, 3.8) is 0 Å². The Hall–Kier alpha value is -0.990. The van der Waals surface area contributed by atoms with Crippen molar-refractivity contribution in [3.05, 3.63) is 54.2 Å². The number of aromatic nitrogens is 2. The molecule has 0 spiro atoms. The number of carbonyl (C=O) groups excluding carboxylic acids is 1. The fourth-order valence-corrected chi connectivity index (χ4v) is 2.40. The topological polar surface area (TPSA) is 64.0 Å². The number of benzene rings is 1. The lowest BCUT2D eigenvalue weighted by Crippen LogP contribution is -2.30. The van der Waals surface area contributed by atoms with E-state index in [0.29, 0.717) is 14.6 Å². The molecule has 8 heteroatoms. The van der Waals surface area contributed by atoms with E-state index in [4.69, 9.17) is 0 Å². The molecule has 1 N–H and O–H groups in total. The highest BCUT2D eigenvalue weighted by molar-refractivity contribution is 9.13. The number of rotatable bonds is 3. The van der Waals surface area contributed by atoms with Gasteiger partial charge in [0, 0.05) is 4.47 Å². The zero-order valence-corrected chi connectivity index (χ0v) is 14.7. The van der Waals surface area contributed by atoms with Crippen LogP contribution in [0.25, 0.3) is 0 Å². The van der Waals surface area contributed by atoms with Crippen LogP contribution in [0.1, 0.15) is 0 Å². The van der Waals surface area contributed by atoms with Crippen molar-refractivity contribution in [2.45, 2.75) is 6.54 Å². The Balaban J connectivity index is 2.15. The largest absolute Gasteiger partial charge is 0.323 e. The van der Waals surface area contributed by atoms with Crippen LogP contribution in [0.5, 0.6) is 0 Å². The smallest absolute Gasteiger partial charge is 0.282 e. The van der Waals surface area contributed by atoms with Crippen molar-refractivity contribution in [1.82, 2.24) is 9.78 Å². The number of nitrogens with one attached hydrogen (secondary N) is 1. The lowest BCUT2D eigenvalue weighted by molar-refractivity contribution is -0.117. The van der Waals surface area contributed by atoms with E-state index in [1.807, 2.05) is 12.1 Å². The summed E-state index contributed by atoms with van der Waals surface area (Å²) in [5.41, 5.74) is 0.267. The van der Waals surface area contributed by atoms with Gasteiger partial charge in [-0.25, -0.2) is 4.68 Å². The van der Waals surface area contributed by atoms with Crippen LogP contribution in [-0.4, -0.2) is 15.7 Å². The molecule has 0 fully saturated rings. The lowest BCUT2D eigenvalue weighted by atomic mass is 10.3. The monoisotopic (exact) mass is 463 g/mol. The maximum absolute atomic E-state index is 11.9. The second-order valence-corrected chi connectivity index (χ2v) is 6.30. The number of carbonyl (C=O) groups is 1. The highest BCUT2D eigenvalue weighted by Gasteiger charge is 2.11. The Labute approximate surface area is 139 Å². The van der Waals surface area contributed by atoms with Crippen molar-refractivity contribution in [1.29, 1.82) is 0 Å². The summed E-state index contributed by atoms with van der Waals surface area (Å²) in [7, 11) is 0. The first kappa shape index (κ1) is 15.4. The molecule has 0 bridgehead atoms. The molecular weight excluding hydrogens is 458 g/mol. The van der Waals surface area contributed by atoms with Gasteiger partial charge in [-0.2, -0.15) is 5.10 Å². The maximum Gasteiger partial charge on any atom is 0.282 e. The molecule has 0 atom stereocenters. The van der Waals surface area contributed by atoms with E-state index in [9.17, 15) is 9.59 Å².